The zero-order valence-electron chi connectivity index (χ0n) is 40.2. The SMILES string of the molecule is C/C=C\C1=C(C)C2CC2c2ccccc21.C=C/C=C\C(=C/C)c1cc(N)cc(-c2ccccc2)c1.C=CC1=C(/C=C\C)Cc2ccc(C3=CC4=C(C3)Cc3ccccc34)cc21.CC.CC. The summed E-state index contributed by atoms with van der Waals surface area (Å²) < 4.78 is 0. The van der Waals surface area contributed by atoms with Crippen molar-refractivity contribution in [1.82, 2.24) is 0 Å². The van der Waals surface area contributed by atoms with Crippen LogP contribution in [0.2, 0.25) is 0 Å². The Bertz CT molecular complexity index is 2770. The number of hydrogen-bond acceptors (Lipinski definition) is 1. The van der Waals surface area contributed by atoms with Crippen molar-refractivity contribution in [1.29, 1.82) is 0 Å². The highest BCUT2D eigenvalue weighted by atomic mass is 14.5. The van der Waals surface area contributed by atoms with Crippen molar-refractivity contribution in [3.05, 3.63) is 250 Å². The lowest BCUT2D eigenvalue weighted by atomic mass is 9.86. The van der Waals surface area contributed by atoms with Crippen molar-refractivity contribution < 1.29 is 0 Å². The van der Waals surface area contributed by atoms with Crippen molar-refractivity contribution in [2.24, 2.45) is 5.92 Å². The third-order valence-electron chi connectivity index (χ3n) is 12.8. The highest BCUT2D eigenvalue weighted by Gasteiger charge is 2.44. The van der Waals surface area contributed by atoms with E-state index in [1.54, 1.807) is 22.8 Å². The van der Waals surface area contributed by atoms with Crippen LogP contribution in [0.1, 0.15) is 119 Å². The van der Waals surface area contributed by atoms with Gasteiger partial charge in [0.25, 0.3) is 0 Å². The van der Waals surface area contributed by atoms with E-state index < -0.39 is 0 Å². The monoisotopic (exact) mass is 852 g/mol. The molecule has 0 saturated heterocycles. The van der Waals surface area contributed by atoms with Gasteiger partial charge < -0.3 is 5.73 Å². The lowest BCUT2D eigenvalue weighted by molar-refractivity contribution is 0.920. The second-order valence-electron chi connectivity index (χ2n) is 16.6. The summed E-state index contributed by atoms with van der Waals surface area (Å²) in [5, 5.41) is 0. The van der Waals surface area contributed by atoms with Gasteiger partial charge in [-0.15, -0.1) is 0 Å². The summed E-state index contributed by atoms with van der Waals surface area (Å²) in [6.45, 7) is 24.3. The van der Waals surface area contributed by atoms with Gasteiger partial charge in [0.2, 0.25) is 0 Å². The van der Waals surface area contributed by atoms with Gasteiger partial charge in [0.1, 0.15) is 0 Å². The molecule has 65 heavy (non-hydrogen) atoms. The van der Waals surface area contributed by atoms with Crippen LogP contribution in [0.3, 0.4) is 0 Å². The molecule has 0 amide bonds. The van der Waals surface area contributed by atoms with E-state index in [0.29, 0.717) is 0 Å². The van der Waals surface area contributed by atoms with Crippen molar-refractivity contribution in [2.75, 3.05) is 5.73 Å². The van der Waals surface area contributed by atoms with Crippen LogP contribution in [0.4, 0.5) is 5.69 Å². The first-order valence-electron chi connectivity index (χ1n) is 23.8. The van der Waals surface area contributed by atoms with Gasteiger partial charge in [-0.25, -0.2) is 0 Å². The summed E-state index contributed by atoms with van der Waals surface area (Å²) in [4.78, 5) is 0. The van der Waals surface area contributed by atoms with E-state index in [0.717, 1.165) is 53.5 Å². The van der Waals surface area contributed by atoms with Crippen LogP contribution in [-0.2, 0) is 12.8 Å². The highest BCUT2D eigenvalue weighted by Crippen LogP contribution is 2.58. The van der Waals surface area contributed by atoms with Gasteiger partial charge in [0, 0.05) is 5.69 Å². The molecule has 0 heterocycles. The fraction of sp³-hybridized carbons (Fsp3) is 0.219. The van der Waals surface area contributed by atoms with E-state index in [1.807, 2.05) is 83.2 Å². The molecule has 0 spiro atoms. The summed E-state index contributed by atoms with van der Waals surface area (Å²) in [6, 6.07) is 41.1. The number of benzene rings is 5. The van der Waals surface area contributed by atoms with E-state index in [9.17, 15) is 0 Å². The Morgan fingerprint density at radius 2 is 1.32 bits per heavy atom. The maximum Gasteiger partial charge on any atom is 0.0326 e. The maximum absolute atomic E-state index is 6.05. The van der Waals surface area contributed by atoms with Gasteiger partial charge >= 0.3 is 0 Å². The molecule has 10 rings (SSSR count). The van der Waals surface area contributed by atoms with Crippen molar-refractivity contribution in [3.8, 4) is 11.1 Å². The first-order valence-corrected chi connectivity index (χ1v) is 23.8. The second kappa shape index (κ2) is 22.8. The minimum atomic E-state index is 0.771. The fourth-order valence-corrected chi connectivity index (χ4v) is 9.71. The van der Waals surface area contributed by atoms with Crippen molar-refractivity contribution >= 4 is 33.6 Å². The Balaban J connectivity index is 0.000000161. The van der Waals surface area contributed by atoms with Gasteiger partial charge in [-0.1, -0.05) is 204 Å². The fourth-order valence-electron chi connectivity index (χ4n) is 9.71. The Hall–Kier alpha value is -6.70. The van der Waals surface area contributed by atoms with Gasteiger partial charge in [0.05, 0.1) is 0 Å². The molecule has 330 valence electrons. The molecule has 2 atom stereocenters. The van der Waals surface area contributed by atoms with Gasteiger partial charge in [-0.05, 0) is 179 Å². The normalized spacial score (nSPS) is 17.3. The standard InChI is InChI=1S/C26H22.C19H19N.C15H16.2C2H6/c1-3-7-18-12-20-11-10-17(15-25(20)23(18)4-2)21-14-22-13-19-8-5-6-9-24(19)26(22)16-21;1-3-5-9-15(4-2)17-12-18(14-19(20)13-17)16-10-7-6-8-11-16;1-3-6-11-10(2)14-9-15(14)13-8-5-4-7-12(11)13;2*1-2/h3-11,15-16H,2,12-14H2,1H3;3-14H,1,20H2,2H3;3-8,14-15H,9H2,1-2H3;2*1-2H3/b7-3-;9-5-,15-4+;6-3-;;. The Morgan fingerprint density at radius 1 is 0.631 bits per heavy atom. The molecular weight excluding hydrogens is 783 g/mol. The number of nitrogens with two attached hydrogens (primary N) is 1. The molecule has 1 saturated carbocycles. The topological polar surface area (TPSA) is 26.0 Å². The summed E-state index contributed by atoms with van der Waals surface area (Å²) in [6.07, 6.45) is 25.6. The molecular formula is C64H69N. The summed E-state index contributed by atoms with van der Waals surface area (Å²) in [7, 11) is 0. The van der Waals surface area contributed by atoms with Crippen LogP contribution in [-0.4, -0.2) is 0 Å². The molecule has 1 nitrogen and oxygen atoms in total. The van der Waals surface area contributed by atoms with E-state index in [4.69, 9.17) is 5.73 Å². The van der Waals surface area contributed by atoms with Crippen molar-refractivity contribution in [2.45, 2.75) is 87.0 Å². The molecule has 0 bridgehead atoms. The van der Waals surface area contributed by atoms with E-state index in [1.165, 1.54) is 73.2 Å². The molecule has 5 aliphatic carbocycles. The maximum atomic E-state index is 6.05. The Morgan fingerprint density at radius 3 is 2.03 bits per heavy atom. The predicted molar refractivity (Wildman–Crippen MR) is 288 cm³/mol. The summed E-state index contributed by atoms with van der Waals surface area (Å²) in [5.74, 6) is 1.67. The van der Waals surface area contributed by atoms with E-state index in [-0.39, 0.29) is 0 Å². The number of anilines is 1. The van der Waals surface area contributed by atoms with Crippen LogP contribution in [0.25, 0.3) is 39.0 Å². The van der Waals surface area contributed by atoms with Crippen LogP contribution in [0.15, 0.2) is 206 Å². The predicted octanol–water partition coefficient (Wildman–Crippen LogP) is 17.8. The molecule has 0 aromatic heterocycles. The molecule has 1 fully saturated rings. The average molecular weight is 852 g/mol. The molecule has 5 aliphatic rings. The molecule has 1 heteroatoms. The molecule has 0 aliphatic heterocycles. The minimum absolute atomic E-state index is 0.771. The third kappa shape index (κ3) is 10.6. The quantitative estimate of drug-likeness (QED) is 0.122. The van der Waals surface area contributed by atoms with Crippen molar-refractivity contribution in [3.63, 3.8) is 0 Å². The molecule has 5 aromatic carbocycles. The Kier molecular flexibility index (Phi) is 16.7. The van der Waals surface area contributed by atoms with Crippen LogP contribution < -0.4 is 5.73 Å². The van der Waals surface area contributed by atoms with Gasteiger partial charge in [0.15, 0.2) is 0 Å². The first-order chi connectivity index (χ1) is 31.8. The highest BCUT2D eigenvalue weighted by molar-refractivity contribution is 5.96. The molecule has 2 unspecified atom stereocenters. The zero-order chi connectivity index (χ0) is 46.5. The lowest BCUT2D eigenvalue weighted by Crippen LogP contribution is -2.01. The van der Waals surface area contributed by atoms with E-state index >= 15 is 0 Å². The first kappa shape index (κ1) is 47.8. The van der Waals surface area contributed by atoms with Gasteiger partial charge in [-0.2, -0.15) is 0 Å². The number of allylic oxidation sites excluding steroid dienone is 18. The zero-order valence-corrected chi connectivity index (χ0v) is 40.2. The summed E-state index contributed by atoms with van der Waals surface area (Å²) in [5.41, 5.74) is 31.7. The molecule has 0 radical (unpaired) electrons. The van der Waals surface area contributed by atoms with Crippen LogP contribution in [0.5, 0.6) is 0 Å². The minimum Gasteiger partial charge on any atom is -0.399 e. The average Bonchev–Trinajstić information content (AvgIpc) is 3.77. The number of fused-ring (bicyclic) bond motifs is 6. The molecule has 2 N–H and O–H groups in total. The van der Waals surface area contributed by atoms with E-state index in [2.05, 4.69) is 155 Å². The summed E-state index contributed by atoms with van der Waals surface area (Å²) >= 11 is 0. The Labute approximate surface area is 392 Å². The van der Waals surface area contributed by atoms with Gasteiger partial charge in [-0.3, -0.25) is 0 Å². The largest absolute Gasteiger partial charge is 0.399 e. The number of nitrogen functional groups attached to an aromatic ring is 1. The van der Waals surface area contributed by atoms with Crippen LogP contribution >= 0.6 is 0 Å². The second-order valence-corrected chi connectivity index (χ2v) is 16.6. The number of rotatable bonds is 8. The van der Waals surface area contributed by atoms with Crippen LogP contribution in [0, 0.1) is 5.92 Å². The number of hydrogen-bond donors (Lipinski definition) is 1. The smallest absolute Gasteiger partial charge is 0.0326 e. The third-order valence-corrected chi connectivity index (χ3v) is 12.8. The lowest BCUT2D eigenvalue weighted by Gasteiger charge is -2.18. The molecule has 5 aromatic rings.